The van der Waals surface area contributed by atoms with E-state index in [0.29, 0.717) is 0 Å². The molecule has 0 unspecified atom stereocenters. The molecule has 0 fully saturated rings. The van der Waals surface area contributed by atoms with Crippen molar-refractivity contribution >= 4 is 107 Å². The lowest BCUT2D eigenvalue weighted by Crippen LogP contribution is -2.61. The monoisotopic (exact) mass is 909 g/mol. The van der Waals surface area contributed by atoms with E-state index in [0.717, 1.165) is 67.3 Å². The average molecular weight is 910 g/mol. The number of furan rings is 1. The predicted octanol–water partition coefficient (Wildman–Crippen LogP) is 16.5. The first kappa shape index (κ1) is 43.8. The van der Waals surface area contributed by atoms with Crippen LogP contribution in [-0.2, 0) is 16.2 Å². The molecule has 0 aliphatic carbocycles. The van der Waals surface area contributed by atoms with Crippen molar-refractivity contribution in [2.75, 3.05) is 14.7 Å². The number of hydrogen-bond acceptors (Lipinski definition) is 4. The lowest BCUT2D eigenvalue weighted by atomic mass is 9.33. The molecule has 10 aromatic rings. The standard InChI is InChI=1S/C65H60BN3O/c1-41-19-16-25-50-51-26-18-28-57(62(51)70-61(41)50)67(46-22-12-11-13-23-46)48-39-58-60-59(40-48)69(54-27-17-21-42-20-14-15-24-49(42)54)56-36-32-45(65(8,9)10)38-53(56)66(60)52-37-44(64(5,6)7)31-35-55(52)68(58)47-33-29-43(30-34-47)63(2,3)4/h11-40H,1-10H3. The van der Waals surface area contributed by atoms with Crippen LogP contribution in [0, 0.1) is 6.92 Å². The number of para-hydroxylation sites is 3. The minimum Gasteiger partial charge on any atom is -0.454 e. The molecule has 0 radical (unpaired) electrons. The minimum atomic E-state index is -0.0652. The zero-order valence-corrected chi connectivity index (χ0v) is 42.1. The van der Waals surface area contributed by atoms with Crippen molar-refractivity contribution in [2.45, 2.75) is 85.5 Å². The summed E-state index contributed by atoms with van der Waals surface area (Å²) in [6, 6.07) is 68.3. The van der Waals surface area contributed by atoms with Gasteiger partial charge in [0.1, 0.15) is 5.58 Å². The molecule has 12 rings (SSSR count). The van der Waals surface area contributed by atoms with Crippen molar-refractivity contribution in [1.29, 1.82) is 0 Å². The number of aryl methyl sites for hydroxylation is 1. The molecule has 5 heteroatoms. The van der Waals surface area contributed by atoms with Crippen LogP contribution in [-0.4, -0.2) is 6.71 Å². The first-order chi connectivity index (χ1) is 33.5. The molecule has 0 amide bonds. The highest BCUT2D eigenvalue weighted by Crippen LogP contribution is 2.51. The fourth-order valence-electron chi connectivity index (χ4n) is 11.2. The van der Waals surface area contributed by atoms with Crippen molar-refractivity contribution in [3.05, 3.63) is 204 Å². The summed E-state index contributed by atoms with van der Waals surface area (Å²) in [6.07, 6.45) is 0. The van der Waals surface area contributed by atoms with Gasteiger partial charge in [-0.2, -0.15) is 0 Å². The molecule has 344 valence electrons. The maximum Gasteiger partial charge on any atom is 0.252 e. The Hall–Kier alpha value is -7.50. The Morgan fingerprint density at radius 1 is 0.414 bits per heavy atom. The summed E-state index contributed by atoms with van der Waals surface area (Å²) in [5.41, 5.74) is 20.7. The summed E-state index contributed by atoms with van der Waals surface area (Å²) in [5, 5.41) is 4.63. The van der Waals surface area contributed by atoms with Gasteiger partial charge in [-0.3, -0.25) is 0 Å². The van der Waals surface area contributed by atoms with Gasteiger partial charge in [-0.25, -0.2) is 0 Å². The summed E-state index contributed by atoms with van der Waals surface area (Å²) in [5.74, 6) is 0. The molecule has 4 nitrogen and oxygen atoms in total. The van der Waals surface area contributed by atoms with E-state index >= 15 is 0 Å². The maximum absolute atomic E-state index is 7.01. The first-order valence-electron chi connectivity index (χ1n) is 25.0. The van der Waals surface area contributed by atoms with Crippen molar-refractivity contribution in [1.82, 2.24) is 0 Å². The molecule has 0 saturated carbocycles. The average Bonchev–Trinajstić information content (AvgIpc) is 3.74. The third kappa shape index (κ3) is 6.96. The maximum atomic E-state index is 7.01. The van der Waals surface area contributed by atoms with Crippen molar-refractivity contribution < 1.29 is 4.42 Å². The summed E-state index contributed by atoms with van der Waals surface area (Å²) < 4.78 is 7.01. The van der Waals surface area contributed by atoms with Crippen LogP contribution in [0.4, 0.5) is 51.2 Å². The largest absolute Gasteiger partial charge is 0.454 e. The molecule has 0 bridgehead atoms. The molecule has 0 atom stereocenters. The third-order valence-corrected chi connectivity index (χ3v) is 15.0. The molecule has 0 N–H and O–H groups in total. The number of fused-ring (bicyclic) bond motifs is 8. The zero-order valence-electron chi connectivity index (χ0n) is 42.1. The fourth-order valence-corrected chi connectivity index (χ4v) is 11.2. The Labute approximate surface area is 413 Å². The number of anilines is 9. The highest BCUT2D eigenvalue weighted by atomic mass is 16.3. The quantitative estimate of drug-likeness (QED) is 0.161. The van der Waals surface area contributed by atoms with E-state index in [9.17, 15) is 0 Å². The highest BCUT2D eigenvalue weighted by molar-refractivity contribution is 7.00. The Balaban J connectivity index is 1.24. The second kappa shape index (κ2) is 15.8. The third-order valence-electron chi connectivity index (χ3n) is 15.0. The first-order valence-corrected chi connectivity index (χ1v) is 25.0. The number of nitrogens with zero attached hydrogens (tertiary/aromatic N) is 3. The zero-order chi connectivity index (χ0) is 48.4. The molecule has 3 heterocycles. The van der Waals surface area contributed by atoms with Gasteiger partial charge in [0.2, 0.25) is 0 Å². The van der Waals surface area contributed by atoms with E-state index in [4.69, 9.17) is 4.42 Å². The van der Waals surface area contributed by atoms with Gasteiger partial charge in [-0.1, -0.05) is 184 Å². The van der Waals surface area contributed by atoms with Crippen LogP contribution in [0.1, 0.15) is 84.6 Å². The van der Waals surface area contributed by atoms with Gasteiger partial charge in [0.15, 0.2) is 5.58 Å². The van der Waals surface area contributed by atoms with Gasteiger partial charge in [0.25, 0.3) is 6.71 Å². The van der Waals surface area contributed by atoms with E-state index in [1.165, 1.54) is 55.2 Å². The van der Waals surface area contributed by atoms with Gasteiger partial charge in [0.05, 0.1) is 17.1 Å². The Morgan fingerprint density at radius 3 is 1.60 bits per heavy atom. The molecule has 1 aromatic heterocycles. The molecular weight excluding hydrogens is 850 g/mol. The van der Waals surface area contributed by atoms with E-state index in [1.807, 2.05) is 0 Å². The van der Waals surface area contributed by atoms with Crippen LogP contribution < -0.4 is 31.1 Å². The van der Waals surface area contributed by atoms with Crippen LogP contribution in [0.3, 0.4) is 0 Å². The second-order valence-electron chi connectivity index (χ2n) is 22.7. The molecule has 0 saturated heterocycles. The molecular formula is C65H60BN3O. The highest BCUT2D eigenvalue weighted by Gasteiger charge is 2.45. The van der Waals surface area contributed by atoms with E-state index in [1.54, 1.807) is 0 Å². The lowest BCUT2D eigenvalue weighted by molar-refractivity contribution is 0.590. The number of hydrogen-bond donors (Lipinski definition) is 0. The minimum absolute atomic E-state index is 0.00392. The van der Waals surface area contributed by atoms with Gasteiger partial charge >= 0.3 is 0 Å². The van der Waals surface area contributed by atoms with E-state index in [2.05, 4.69) is 266 Å². The molecule has 2 aliphatic rings. The Bertz CT molecular complexity index is 3690. The van der Waals surface area contributed by atoms with Gasteiger partial charge in [0, 0.05) is 50.3 Å². The second-order valence-corrected chi connectivity index (χ2v) is 22.7. The molecule has 2 aliphatic heterocycles. The van der Waals surface area contributed by atoms with Crippen LogP contribution in [0.25, 0.3) is 32.7 Å². The van der Waals surface area contributed by atoms with Gasteiger partial charge < -0.3 is 19.1 Å². The van der Waals surface area contributed by atoms with Crippen molar-refractivity contribution in [3.63, 3.8) is 0 Å². The van der Waals surface area contributed by atoms with Crippen LogP contribution in [0.5, 0.6) is 0 Å². The SMILES string of the molecule is Cc1cccc2c1oc1c(N(c3ccccc3)c3cc4c5c(c3)N(c3cccc6ccccc36)c3ccc(C(C)(C)C)cc3B5c3cc(C(C)(C)C)ccc3N4c3ccc(C(C)(C)C)cc3)cccc12. The predicted molar refractivity (Wildman–Crippen MR) is 301 cm³/mol. The van der Waals surface area contributed by atoms with Crippen molar-refractivity contribution in [2.24, 2.45) is 0 Å². The summed E-state index contributed by atoms with van der Waals surface area (Å²) in [7, 11) is 0. The Kier molecular flexibility index (Phi) is 9.86. The normalized spacial score (nSPS) is 13.5. The smallest absolute Gasteiger partial charge is 0.252 e. The lowest BCUT2D eigenvalue weighted by Gasteiger charge is -2.46. The summed E-state index contributed by atoms with van der Waals surface area (Å²) in [4.78, 5) is 7.56. The topological polar surface area (TPSA) is 22.9 Å². The Morgan fingerprint density at radius 2 is 0.943 bits per heavy atom. The van der Waals surface area contributed by atoms with E-state index < -0.39 is 0 Å². The fraction of sp³-hybridized carbons (Fsp3) is 0.200. The molecule has 0 spiro atoms. The van der Waals surface area contributed by atoms with Crippen LogP contribution >= 0.6 is 0 Å². The molecule has 9 aromatic carbocycles. The van der Waals surface area contributed by atoms with E-state index in [-0.39, 0.29) is 23.0 Å². The van der Waals surface area contributed by atoms with Gasteiger partial charge in [-0.15, -0.1) is 0 Å². The number of rotatable bonds is 5. The molecule has 70 heavy (non-hydrogen) atoms. The van der Waals surface area contributed by atoms with Crippen LogP contribution in [0.2, 0.25) is 0 Å². The summed E-state index contributed by atoms with van der Waals surface area (Å²) in [6.45, 7) is 23.0. The van der Waals surface area contributed by atoms with Crippen molar-refractivity contribution in [3.8, 4) is 0 Å². The number of benzene rings is 9. The summed E-state index contributed by atoms with van der Waals surface area (Å²) >= 11 is 0. The van der Waals surface area contributed by atoms with Gasteiger partial charge in [-0.05, 0) is 128 Å². The van der Waals surface area contributed by atoms with Crippen LogP contribution in [0.15, 0.2) is 186 Å².